The molecule has 35 heavy (non-hydrogen) atoms. The van der Waals surface area contributed by atoms with E-state index in [1.807, 2.05) is 0 Å². The molecule has 0 radical (unpaired) electrons. The monoisotopic (exact) mass is 508 g/mol. The van der Waals surface area contributed by atoms with Crippen LogP contribution in [0.1, 0.15) is 11.1 Å². The summed E-state index contributed by atoms with van der Waals surface area (Å²) in [5.74, 6) is -0.0761. The van der Waals surface area contributed by atoms with Crippen LogP contribution in [-0.2, 0) is 28.0 Å². The van der Waals surface area contributed by atoms with Gasteiger partial charge in [0.2, 0.25) is 6.29 Å². The molecule has 5 N–H and O–H groups in total. The lowest BCUT2D eigenvalue weighted by molar-refractivity contribution is -0.277. The third-order valence-electron chi connectivity index (χ3n) is 5.42. The maximum absolute atomic E-state index is 11.5. The lowest BCUT2D eigenvalue weighted by Crippen LogP contribution is -2.60. The smallest absolute Gasteiger partial charge is 0.446 e. The number of aliphatic hydroxyl groups is 4. The number of aliphatic hydroxyl groups excluding tert-OH is 4. The minimum atomic E-state index is -4.86. The molecule has 1 heterocycles. The molecule has 0 saturated carbocycles. The van der Waals surface area contributed by atoms with Crippen molar-refractivity contribution >= 4 is 10.4 Å². The fourth-order valence-electron chi connectivity index (χ4n) is 3.74. The molecule has 1 fully saturated rings. The van der Waals surface area contributed by atoms with Crippen molar-refractivity contribution in [3.05, 3.63) is 72.8 Å². The Balaban J connectivity index is 2.12. The van der Waals surface area contributed by atoms with Gasteiger partial charge in [0, 0.05) is 11.1 Å². The van der Waals surface area contributed by atoms with Crippen LogP contribution in [0.4, 0.5) is 0 Å². The molecule has 1 aliphatic heterocycles. The van der Waals surface area contributed by atoms with Crippen molar-refractivity contribution in [2.24, 2.45) is 0 Å². The van der Waals surface area contributed by atoms with E-state index in [2.05, 4.69) is 13.2 Å². The summed E-state index contributed by atoms with van der Waals surface area (Å²) in [6.07, 6.45) is -3.29. The van der Waals surface area contributed by atoms with Crippen molar-refractivity contribution in [2.75, 3.05) is 6.61 Å². The van der Waals surface area contributed by atoms with Gasteiger partial charge >= 0.3 is 10.4 Å². The lowest BCUT2D eigenvalue weighted by atomic mass is 9.96. The van der Waals surface area contributed by atoms with Gasteiger partial charge in [-0.1, -0.05) is 24.3 Å². The van der Waals surface area contributed by atoms with Gasteiger partial charge in [0.05, 0.1) is 6.61 Å². The van der Waals surface area contributed by atoms with E-state index in [0.29, 0.717) is 18.4 Å². The molecular formula is C24H28O10S. The molecule has 0 bridgehead atoms. The third-order valence-corrected chi connectivity index (χ3v) is 5.82. The predicted molar refractivity (Wildman–Crippen MR) is 126 cm³/mol. The SMILES string of the molecule is C=CCc1ccc(O[C@@H]2O[C@H](CO)[C@@H](O)[C@H](O)[C@H]2O)c(-c2cc(CC=C)ccc2OS(=O)(=O)O)c1. The van der Waals surface area contributed by atoms with Crippen molar-refractivity contribution in [1.82, 2.24) is 0 Å². The fourth-order valence-corrected chi connectivity index (χ4v) is 4.11. The van der Waals surface area contributed by atoms with Crippen LogP contribution in [-0.4, -0.2) is 70.7 Å². The van der Waals surface area contributed by atoms with Crippen LogP contribution in [0, 0.1) is 0 Å². The second-order valence-corrected chi connectivity index (χ2v) is 8.99. The molecule has 0 amide bonds. The first-order valence-electron chi connectivity index (χ1n) is 10.7. The van der Waals surface area contributed by atoms with Gasteiger partial charge in [-0.2, -0.15) is 8.42 Å². The molecule has 1 saturated heterocycles. The van der Waals surface area contributed by atoms with Gasteiger partial charge in [-0.3, -0.25) is 4.55 Å². The number of ether oxygens (including phenoxy) is 2. The zero-order valence-corrected chi connectivity index (χ0v) is 19.5. The fraction of sp³-hybridized carbons (Fsp3) is 0.333. The summed E-state index contributed by atoms with van der Waals surface area (Å²) in [6, 6.07) is 9.56. The Morgan fingerprint density at radius 1 is 0.886 bits per heavy atom. The summed E-state index contributed by atoms with van der Waals surface area (Å²) >= 11 is 0. The average molecular weight is 509 g/mol. The van der Waals surface area contributed by atoms with Gasteiger partial charge < -0.3 is 34.1 Å². The lowest BCUT2D eigenvalue weighted by Gasteiger charge is -2.39. The number of benzene rings is 2. The first-order chi connectivity index (χ1) is 16.6. The molecule has 0 unspecified atom stereocenters. The Kier molecular flexibility index (Phi) is 8.67. The zero-order chi connectivity index (χ0) is 25.8. The quantitative estimate of drug-likeness (QED) is 0.233. The van der Waals surface area contributed by atoms with E-state index in [1.165, 1.54) is 6.07 Å². The molecule has 3 rings (SSSR count). The molecule has 0 aromatic heterocycles. The van der Waals surface area contributed by atoms with E-state index in [-0.39, 0.29) is 17.1 Å². The van der Waals surface area contributed by atoms with E-state index >= 15 is 0 Å². The summed E-state index contributed by atoms with van der Waals surface area (Å²) in [5, 5.41) is 40.0. The summed E-state index contributed by atoms with van der Waals surface area (Å²) in [5.41, 5.74) is 2.10. The van der Waals surface area contributed by atoms with Crippen LogP contribution in [0.2, 0.25) is 0 Å². The number of hydrogen-bond acceptors (Lipinski definition) is 9. The molecule has 5 atom stereocenters. The molecule has 0 spiro atoms. The summed E-state index contributed by atoms with van der Waals surface area (Å²) in [7, 11) is -4.86. The zero-order valence-electron chi connectivity index (χ0n) is 18.7. The molecule has 1 aliphatic rings. The molecule has 190 valence electrons. The normalized spacial score (nSPS) is 24.5. The van der Waals surface area contributed by atoms with Crippen molar-refractivity contribution in [2.45, 2.75) is 43.5 Å². The number of hydrogen-bond donors (Lipinski definition) is 5. The first kappa shape index (κ1) is 26.8. The summed E-state index contributed by atoms with van der Waals surface area (Å²) in [4.78, 5) is 0. The first-order valence-corrected chi connectivity index (χ1v) is 12.1. The Hall–Kier alpha value is -2.77. The van der Waals surface area contributed by atoms with Crippen molar-refractivity contribution < 1.29 is 47.1 Å². The Labute approximate surface area is 203 Å². The number of rotatable bonds is 10. The van der Waals surface area contributed by atoms with E-state index in [9.17, 15) is 33.4 Å². The average Bonchev–Trinajstić information content (AvgIpc) is 2.80. The van der Waals surface area contributed by atoms with E-state index in [4.69, 9.17) is 13.7 Å². The van der Waals surface area contributed by atoms with E-state index < -0.39 is 47.7 Å². The standard InChI is InChI=1S/C24H28O10S/c1-3-5-14-7-9-18(32-24-23(28)22(27)21(26)20(13-25)33-24)16(11-14)17-12-15(6-4-2)8-10-19(17)34-35(29,30)31/h3-4,7-12,20-28H,1-2,5-6,13H2,(H,29,30,31)/t20-,21-,22+,23-,24-/m1/s1. The maximum Gasteiger partial charge on any atom is 0.446 e. The van der Waals surface area contributed by atoms with Gasteiger partial charge in [0.1, 0.15) is 30.2 Å². The Morgan fingerprint density at radius 3 is 1.94 bits per heavy atom. The summed E-state index contributed by atoms with van der Waals surface area (Å²) in [6.45, 7) is 6.78. The van der Waals surface area contributed by atoms with Gasteiger partial charge in [-0.15, -0.1) is 13.2 Å². The highest BCUT2D eigenvalue weighted by Gasteiger charge is 2.45. The van der Waals surface area contributed by atoms with Gasteiger partial charge in [-0.05, 0) is 48.2 Å². The Bertz CT molecular complexity index is 1160. The van der Waals surface area contributed by atoms with Gasteiger partial charge in [-0.25, -0.2) is 0 Å². The molecule has 0 aliphatic carbocycles. The van der Waals surface area contributed by atoms with Gasteiger partial charge in [0.15, 0.2) is 5.75 Å². The molecule has 2 aromatic carbocycles. The molecule has 2 aromatic rings. The van der Waals surface area contributed by atoms with Crippen LogP contribution >= 0.6 is 0 Å². The van der Waals surface area contributed by atoms with Crippen LogP contribution < -0.4 is 8.92 Å². The topological polar surface area (TPSA) is 163 Å². The largest absolute Gasteiger partial charge is 0.461 e. The van der Waals surface area contributed by atoms with E-state index in [1.54, 1.807) is 42.5 Å². The van der Waals surface area contributed by atoms with Crippen LogP contribution in [0.25, 0.3) is 11.1 Å². The predicted octanol–water partition coefficient (Wildman–Crippen LogP) is 1.17. The molecular weight excluding hydrogens is 480 g/mol. The Morgan fingerprint density at radius 2 is 1.43 bits per heavy atom. The molecule has 11 heteroatoms. The van der Waals surface area contributed by atoms with E-state index in [0.717, 1.165) is 11.1 Å². The highest BCUT2D eigenvalue weighted by Crippen LogP contribution is 2.40. The highest BCUT2D eigenvalue weighted by atomic mass is 32.3. The second-order valence-electron chi connectivity index (χ2n) is 7.97. The van der Waals surface area contributed by atoms with Crippen LogP contribution in [0.3, 0.4) is 0 Å². The van der Waals surface area contributed by atoms with Crippen molar-refractivity contribution in [3.63, 3.8) is 0 Å². The minimum absolute atomic E-state index is 0.109. The molecule has 10 nitrogen and oxygen atoms in total. The minimum Gasteiger partial charge on any atom is -0.461 e. The second kappa shape index (κ2) is 11.3. The van der Waals surface area contributed by atoms with Crippen molar-refractivity contribution in [3.8, 4) is 22.6 Å². The van der Waals surface area contributed by atoms with Crippen molar-refractivity contribution in [1.29, 1.82) is 0 Å². The number of allylic oxidation sites excluding steroid dienone is 2. The third kappa shape index (κ3) is 6.47. The van der Waals surface area contributed by atoms with Crippen LogP contribution in [0.15, 0.2) is 61.7 Å². The van der Waals surface area contributed by atoms with Gasteiger partial charge in [0.25, 0.3) is 0 Å². The highest BCUT2D eigenvalue weighted by molar-refractivity contribution is 7.81. The maximum atomic E-state index is 11.5. The summed E-state index contributed by atoms with van der Waals surface area (Å²) < 4.78 is 48.4. The van der Waals surface area contributed by atoms with Crippen LogP contribution in [0.5, 0.6) is 11.5 Å².